The highest BCUT2D eigenvalue weighted by Crippen LogP contribution is 2.41. The molecule has 1 unspecified atom stereocenters. The van der Waals surface area contributed by atoms with E-state index in [2.05, 4.69) is 25.1 Å². The van der Waals surface area contributed by atoms with Gasteiger partial charge in [0.25, 0.3) is 0 Å². The first-order chi connectivity index (χ1) is 9.66. The summed E-state index contributed by atoms with van der Waals surface area (Å²) in [5, 5.41) is 0. The second-order valence-electron chi connectivity index (χ2n) is 6.55. The van der Waals surface area contributed by atoms with Crippen LogP contribution in [0.2, 0.25) is 0 Å². The minimum atomic E-state index is -0.301. The van der Waals surface area contributed by atoms with Crippen LogP contribution in [0, 0.1) is 11.3 Å². The SMILES string of the molecule is CC1Cc2ccccc2N(C(=O)C2(CN)CCCC2)C1. The molecule has 20 heavy (non-hydrogen) atoms. The van der Waals surface area contributed by atoms with E-state index in [1.54, 1.807) is 0 Å². The molecule has 2 aliphatic rings. The highest BCUT2D eigenvalue weighted by Gasteiger charge is 2.44. The van der Waals surface area contributed by atoms with E-state index >= 15 is 0 Å². The van der Waals surface area contributed by atoms with Crippen molar-refractivity contribution in [3.63, 3.8) is 0 Å². The number of nitrogens with zero attached hydrogens (tertiary/aromatic N) is 1. The quantitative estimate of drug-likeness (QED) is 0.900. The predicted octanol–water partition coefficient (Wildman–Crippen LogP) is 2.73. The van der Waals surface area contributed by atoms with Gasteiger partial charge in [-0.3, -0.25) is 4.79 Å². The molecular formula is C17H24N2O. The number of rotatable bonds is 2. The van der Waals surface area contributed by atoms with E-state index in [9.17, 15) is 4.79 Å². The number of hydrogen-bond donors (Lipinski definition) is 1. The fourth-order valence-electron chi connectivity index (χ4n) is 3.83. The summed E-state index contributed by atoms with van der Waals surface area (Å²) < 4.78 is 0. The molecule has 1 aromatic rings. The lowest BCUT2D eigenvalue weighted by Crippen LogP contribution is -2.50. The van der Waals surface area contributed by atoms with E-state index in [1.807, 2.05) is 11.0 Å². The minimum Gasteiger partial charge on any atom is -0.329 e. The van der Waals surface area contributed by atoms with Gasteiger partial charge in [0, 0.05) is 18.8 Å². The molecule has 3 rings (SSSR count). The lowest BCUT2D eigenvalue weighted by atomic mass is 9.83. The van der Waals surface area contributed by atoms with Gasteiger partial charge in [-0.1, -0.05) is 38.0 Å². The molecule has 1 aliphatic heterocycles. The number of hydrogen-bond acceptors (Lipinski definition) is 2. The molecule has 2 N–H and O–H groups in total. The summed E-state index contributed by atoms with van der Waals surface area (Å²) in [6.07, 6.45) is 5.24. The van der Waals surface area contributed by atoms with Crippen molar-refractivity contribution >= 4 is 11.6 Å². The highest BCUT2D eigenvalue weighted by molar-refractivity contribution is 5.99. The normalized spacial score (nSPS) is 24.5. The van der Waals surface area contributed by atoms with Crippen molar-refractivity contribution in [1.82, 2.24) is 0 Å². The van der Waals surface area contributed by atoms with Crippen LogP contribution in [0.1, 0.15) is 38.2 Å². The molecule has 0 bridgehead atoms. The zero-order chi connectivity index (χ0) is 14.2. The summed E-state index contributed by atoms with van der Waals surface area (Å²) in [6, 6.07) is 8.32. The first-order valence-electron chi connectivity index (χ1n) is 7.76. The number of carbonyl (C=O) groups excluding carboxylic acids is 1. The number of anilines is 1. The number of carbonyl (C=O) groups is 1. The van der Waals surface area contributed by atoms with E-state index < -0.39 is 0 Å². The second kappa shape index (κ2) is 5.21. The van der Waals surface area contributed by atoms with Crippen molar-refractivity contribution in [2.45, 2.75) is 39.0 Å². The van der Waals surface area contributed by atoms with Crippen molar-refractivity contribution in [2.24, 2.45) is 17.1 Å². The summed E-state index contributed by atoms with van der Waals surface area (Å²) in [4.78, 5) is 15.1. The highest BCUT2D eigenvalue weighted by atomic mass is 16.2. The van der Waals surface area contributed by atoms with Crippen LogP contribution in [0.3, 0.4) is 0 Å². The van der Waals surface area contributed by atoms with Gasteiger partial charge in [0.15, 0.2) is 0 Å². The average Bonchev–Trinajstić information content (AvgIpc) is 2.95. The van der Waals surface area contributed by atoms with E-state index in [1.165, 1.54) is 5.56 Å². The molecule has 1 amide bonds. The Balaban J connectivity index is 1.95. The van der Waals surface area contributed by atoms with Crippen molar-refractivity contribution in [3.8, 4) is 0 Å². The van der Waals surface area contributed by atoms with Gasteiger partial charge < -0.3 is 10.6 Å². The molecule has 3 nitrogen and oxygen atoms in total. The van der Waals surface area contributed by atoms with E-state index in [-0.39, 0.29) is 11.3 Å². The van der Waals surface area contributed by atoms with Gasteiger partial charge in [0.05, 0.1) is 5.41 Å². The van der Waals surface area contributed by atoms with E-state index in [0.29, 0.717) is 12.5 Å². The number of fused-ring (bicyclic) bond motifs is 1. The Morgan fingerprint density at radius 2 is 2.05 bits per heavy atom. The summed E-state index contributed by atoms with van der Waals surface area (Å²) in [5.74, 6) is 0.779. The minimum absolute atomic E-state index is 0.261. The summed E-state index contributed by atoms with van der Waals surface area (Å²) in [6.45, 7) is 3.54. The van der Waals surface area contributed by atoms with Gasteiger partial charge in [-0.15, -0.1) is 0 Å². The Bertz CT molecular complexity index is 505. The first-order valence-corrected chi connectivity index (χ1v) is 7.76. The fourth-order valence-corrected chi connectivity index (χ4v) is 3.83. The maximum Gasteiger partial charge on any atom is 0.234 e. The van der Waals surface area contributed by atoms with Crippen molar-refractivity contribution < 1.29 is 4.79 Å². The molecule has 0 aromatic heterocycles. The van der Waals surface area contributed by atoms with Crippen LogP contribution >= 0.6 is 0 Å². The van der Waals surface area contributed by atoms with Crippen molar-refractivity contribution in [1.29, 1.82) is 0 Å². The van der Waals surface area contributed by atoms with Crippen LogP contribution in [0.15, 0.2) is 24.3 Å². The molecular weight excluding hydrogens is 248 g/mol. The molecule has 1 aliphatic carbocycles. The third-order valence-electron chi connectivity index (χ3n) is 5.00. The maximum absolute atomic E-state index is 13.1. The molecule has 1 aromatic carbocycles. The zero-order valence-corrected chi connectivity index (χ0v) is 12.3. The topological polar surface area (TPSA) is 46.3 Å². The van der Waals surface area contributed by atoms with Gasteiger partial charge >= 0.3 is 0 Å². The van der Waals surface area contributed by atoms with Crippen LogP contribution in [0.4, 0.5) is 5.69 Å². The third-order valence-corrected chi connectivity index (χ3v) is 5.00. The molecule has 1 saturated carbocycles. The van der Waals surface area contributed by atoms with Crippen LogP contribution in [-0.2, 0) is 11.2 Å². The molecule has 1 heterocycles. The Morgan fingerprint density at radius 3 is 2.75 bits per heavy atom. The monoisotopic (exact) mass is 272 g/mol. The van der Waals surface area contributed by atoms with Crippen LogP contribution in [-0.4, -0.2) is 19.0 Å². The van der Waals surface area contributed by atoms with Gasteiger partial charge in [0.1, 0.15) is 0 Å². The molecule has 0 saturated heterocycles. The van der Waals surface area contributed by atoms with Crippen LogP contribution in [0.5, 0.6) is 0 Å². The molecule has 0 radical (unpaired) electrons. The van der Waals surface area contributed by atoms with Crippen molar-refractivity contribution in [3.05, 3.63) is 29.8 Å². The number of amides is 1. The lowest BCUT2D eigenvalue weighted by Gasteiger charge is -2.39. The Hall–Kier alpha value is -1.35. The molecule has 1 fully saturated rings. The van der Waals surface area contributed by atoms with Gasteiger partial charge in [-0.25, -0.2) is 0 Å². The first kappa shape index (κ1) is 13.6. The van der Waals surface area contributed by atoms with Gasteiger partial charge in [-0.2, -0.15) is 0 Å². The Morgan fingerprint density at radius 1 is 1.35 bits per heavy atom. The maximum atomic E-state index is 13.1. The van der Waals surface area contributed by atoms with Gasteiger partial charge in [-0.05, 0) is 36.8 Å². The number of benzene rings is 1. The summed E-state index contributed by atoms with van der Waals surface area (Å²) in [7, 11) is 0. The zero-order valence-electron chi connectivity index (χ0n) is 12.3. The second-order valence-corrected chi connectivity index (χ2v) is 6.55. The third kappa shape index (κ3) is 2.14. The largest absolute Gasteiger partial charge is 0.329 e. The average molecular weight is 272 g/mol. The molecule has 1 atom stereocenters. The van der Waals surface area contributed by atoms with E-state index in [4.69, 9.17) is 5.73 Å². The van der Waals surface area contributed by atoms with Crippen LogP contribution < -0.4 is 10.6 Å². The van der Waals surface area contributed by atoms with Gasteiger partial charge in [0.2, 0.25) is 5.91 Å². The Labute approximate surface area is 121 Å². The fraction of sp³-hybridized carbons (Fsp3) is 0.588. The predicted molar refractivity (Wildman–Crippen MR) is 81.6 cm³/mol. The summed E-state index contributed by atoms with van der Waals surface area (Å²) in [5.41, 5.74) is 8.08. The lowest BCUT2D eigenvalue weighted by molar-refractivity contribution is -0.127. The molecule has 108 valence electrons. The number of nitrogens with two attached hydrogens (primary N) is 1. The van der Waals surface area contributed by atoms with Crippen LogP contribution in [0.25, 0.3) is 0 Å². The van der Waals surface area contributed by atoms with E-state index in [0.717, 1.165) is 44.3 Å². The Kier molecular flexibility index (Phi) is 3.55. The number of para-hydroxylation sites is 1. The molecule has 0 spiro atoms. The van der Waals surface area contributed by atoms with Crippen molar-refractivity contribution in [2.75, 3.05) is 18.0 Å². The smallest absolute Gasteiger partial charge is 0.234 e. The molecule has 3 heteroatoms. The standard InChI is InChI=1S/C17H24N2O/c1-13-10-14-6-2-3-7-15(14)19(11-13)16(20)17(12-18)8-4-5-9-17/h2-3,6-7,13H,4-5,8-12,18H2,1H3. The summed E-state index contributed by atoms with van der Waals surface area (Å²) >= 11 is 0.